The van der Waals surface area contributed by atoms with Crippen molar-refractivity contribution in [2.45, 2.75) is 6.42 Å². The molecule has 6 nitrogen and oxygen atoms in total. The Hall–Kier alpha value is -2.15. The average Bonchev–Trinajstić information content (AvgIpc) is 2.70. The van der Waals surface area contributed by atoms with Crippen molar-refractivity contribution in [3.05, 3.63) is 24.3 Å². The number of nitrogens with zero attached hydrogens (tertiary/aromatic N) is 1. The first-order chi connectivity index (χ1) is 8.65. The van der Waals surface area contributed by atoms with Crippen molar-refractivity contribution in [2.24, 2.45) is 0 Å². The SMILES string of the molecule is O=C(O)CCNC(=O)Nc1nc2ccccc2s1. The van der Waals surface area contributed by atoms with E-state index in [0.717, 1.165) is 10.2 Å². The quantitative estimate of drug-likeness (QED) is 0.787. The lowest BCUT2D eigenvalue weighted by Crippen LogP contribution is -2.30. The largest absolute Gasteiger partial charge is 0.481 e. The Bertz CT molecular complexity index is 549. The van der Waals surface area contributed by atoms with Crippen molar-refractivity contribution in [1.29, 1.82) is 0 Å². The van der Waals surface area contributed by atoms with E-state index in [1.54, 1.807) is 0 Å². The van der Waals surface area contributed by atoms with E-state index in [0.29, 0.717) is 5.13 Å². The minimum atomic E-state index is -0.949. The van der Waals surface area contributed by atoms with E-state index in [1.165, 1.54) is 11.3 Å². The first-order valence-corrected chi connectivity index (χ1v) is 6.09. The van der Waals surface area contributed by atoms with E-state index in [9.17, 15) is 9.59 Å². The van der Waals surface area contributed by atoms with Crippen LogP contribution in [0.25, 0.3) is 10.2 Å². The van der Waals surface area contributed by atoms with Gasteiger partial charge < -0.3 is 10.4 Å². The molecular weight excluding hydrogens is 254 g/mol. The van der Waals surface area contributed by atoms with Crippen LogP contribution in [0.2, 0.25) is 0 Å². The maximum atomic E-state index is 11.4. The number of hydrogen-bond acceptors (Lipinski definition) is 4. The number of carbonyl (C=O) groups excluding carboxylic acids is 1. The number of aromatic nitrogens is 1. The van der Waals surface area contributed by atoms with E-state index >= 15 is 0 Å². The minimum absolute atomic E-state index is 0.0893. The van der Waals surface area contributed by atoms with Crippen LogP contribution in [-0.4, -0.2) is 28.6 Å². The Labute approximate surface area is 107 Å². The van der Waals surface area contributed by atoms with E-state index in [2.05, 4.69) is 15.6 Å². The van der Waals surface area contributed by atoms with Crippen molar-refractivity contribution >= 4 is 38.7 Å². The number of aliphatic carboxylic acids is 1. The number of anilines is 1. The third-order valence-electron chi connectivity index (χ3n) is 2.14. The number of carboxylic acid groups (broad SMARTS) is 1. The predicted molar refractivity (Wildman–Crippen MR) is 68.9 cm³/mol. The number of rotatable bonds is 4. The second-order valence-electron chi connectivity index (χ2n) is 3.51. The maximum Gasteiger partial charge on any atom is 0.321 e. The molecule has 0 aliphatic heterocycles. The number of carboxylic acids is 1. The fourth-order valence-electron chi connectivity index (χ4n) is 1.35. The van der Waals surface area contributed by atoms with Gasteiger partial charge >= 0.3 is 12.0 Å². The van der Waals surface area contributed by atoms with Crippen molar-refractivity contribution in [1.82, 2.24) is 10.3 Å². The summed E-state index contributed by atoms with van der Waals surface area (Å²) in [6.07, 6.45) is -0.104. The van der Waals surface area contributed by atoms with Gasteiger partial charge in [0.05, 0.1) is 16.6 Å². The summed E-state index contributed by atoms with van der Waals surface area (Å²) in [5.41, 5.74) is 0.823. The summed E-state index contributed by atoms with van der Waals surface area (Å²) in [6, 6.07) is 7.10. The Morgan fingerprint density at radius 3 is 2.83 bits per heavy atom. The first-order valence-electron chi connectivity index (χ1n) is 5.27. The Balaban J connectivity index is 1.92. The van der Waals surface area contributed by atoms with Crippen LogP contribution in [0.4, 0.5) is 9.93 Å². The second kappa shape index (κ2) is 5.46. The van der Waals surface area contributed by atoms with E-state index in [4.69, 9.17) is 5.11 Å². The lowest BCUT2D eigenvalue weighted by molar-refractivity contribution is -0.136. The smallest absolute Gasteiger partial charge is 0.321 e. The molecule has 1 aromatic heterocycles. The summed E-state index contributed by atoms with van der Waals surface area (Å²) in [6.45, 7) is 0.0893. The number of urea groups is 1. The normalized spacial score (nSPS) is 10.2. The standard InChI is InChI=1S/C11H11N3O3S/c15-9(16)5-6-12-10(17)14-11-13-7-3-1-2-4-8(7)18-11/h1-4H,5-6H2,(H,15,16)(H2,12,13,14,17). The minimum Gasteiger partial charge on any atom is -0.481 e. The summed E-state index contributed by atoms with van der Waals surface area (Å²) in [5.74, 6) is -0.949. The van der Waals surface area contributed by atoms with Crippen molar-refractivity contribution in [3.8, 4) is 0 Å². The zero-order chi connectivity index (χ0) is 13.0. The molecule has 0 aliphatic carbocycles. The molecule has 0 saturated heterocycles. The zero-order valence-corrected chi connectivity index (χ0v) is 10.2. The number of amides is 2. The van der Waals surface area contributed by atoms with Crippen molar-refractivity contribution in [3.63, 3.8) is 0 Å². The van der Waals surface area contributed by atoms with E-state index in [1.807, 2.05) is 24.3 Å². The molecule has 0 unspecified atom stereocenters. The topological polar surface area (TPSA) is 91.3 Å². The summed E-state index contributed by atoms with van der Waals surface area (Å²) in [5, 5.41) is 13.9. The van der Waals surface area contributed by atoms with Gasteiger partial charge in [0, 0.05) is 6.54 Å². The third-order valence-corrected chi connectivity index (χ3v) is 3.09. The van der Waals surface area contributed by atoms with Crippen molar-refractivity contribution in [2.75, 3.05) is 11.9 Å². The van der Waals surface area contributed by atoms with Gasteiger partial charge in [-0.25, -0.2) is 9.78 Å². The molecule has 1 aromatic carbocycles. The zero-order valence-electron chi connectivity index (χ0n) is 9.34. The number of hydrogen-bond donors (Lipinski definition) is 3. The highest BCUT2D eigenvalue weighted by Crippen LogP contribution is 2.25. The molecule has 94 valence electrons. The van der Waals surface area contributed by atoms with Crippen LogP contribution in [0.1, 0.15) is 6.42 Å². The van der Waals surface area contributed by atoms with Gasteiger partial charge in [0.2, 0.25) is 0 Å². The highest BCUT2D eigenvalue weighted by Gasteiger charge is 2.07. The summed E-state index contributed by atoms with van der Waals surface area (Å²) in [4.78, 5) is 25.9. The van der Waals surface area contributed by atoms with Crippen LogP contribution in [0.3, 0.4) is 0 Å². The molecular formula is C11H11N3O3S. The van der Waals surface area contributed by atoms with Crippen LogP contribution in [0.15, 0.2) is 24.3 Å². The lowest BCUT2D eigenvalue weighted by atomic mass is 10.3. The number of nitrogens with one attached hydrogen (secondary N) is 2. The monoisotopic (exact) mass is 265 g/mol. The Morgan fingerprint density at radius 1 is 1.33 bits per heavy atom. The lowest BCUT2D eigenvalue weighted by Gasteiger charge is -2.02. The van der Waals surface area contributed by atoms with Gasteiger partial charge in [0.25, 0.3) is 0 Å². The van der Waals surface area contributed by atoms with Gasteiger partial charge in [-0.05, 0) is 12.1 Å². The van der Waals surface area contributed by atoms with Crippen LogP contribution in [0, 0.1) is 0 Å². The van der Waals surface area contributed by atoms with Gasteiger partial charge in [-0.1, -0.05) is 23.5 Å². The molecule has 2 rings (SSSR count). The Kier molecular flexibility index (Phi) is 3.73. The molecule has 2 amide bonds. The van der Waals surface area contributed by atoms with Crippen LogP contribution in [-0.2, 0) is 4.79 Å². The molecule has 0 fully saturated rings. The number of carbonyl (C=O) groups is 2. The van der Waals surface area contributed by atoms with Crippen molar-refractivity contribution < 1.29 is 14.7 Å². The molecule has 1 heterocycles. The fraction of sp³-hybridized carbons (Fsp3) is 0.182. The highest BCUT2D eigenvalue weighted by atomic mass is 32.1. The number of para-hydroxylation sites is 1. The summed E-state index contributed by atoms with van der Waals surface area (Å²) < 4.78 is 0.985. The Morgan fingerprint density at radius 2 is 2.11 bits per heavy atom. The van der Waals surface area contributed by atoms with Gasteiger partial charge in [-0.15, -0.1) is 0 Å². The number of fused-ring (bicyclic) bond motifs is 1. The molecule has 7 heteroatoms. The predicted octanol–water partition coefficient (Wildman–Crippen LogP) is 1.89. The molecule has 0 radical (unpaired) electrons. The van der Waals surface area contributed by atoms with E-state index < -0.39 is 12.0 Å². The van der Waals surface area contributed by atoms with Gasteiger partial charge in [-0.3, -0.25) is 10.1 Å². The molecule has 0 bridgehead atoms. The summed E-state index contributed by atoms with van der Waals surface area (Å²) in [7, 11) is 0. The first kappa shape index (κ1) is 12.3. The number of thiazole rings is 1. The third kappa shape index (κ3) is 3.17. The average molecular weight is 265 g/mol. The van der Waals surface area contributed by atoms with Crippen LogP contribution < -0.4 is 10.6 Å². The molecule has 0 spiro atoms. The molecule has 0 aliphatic rings. The van der Waals surface area contributed by atoms with Crippen LogP contribution in [0.5, 0.6) is 0 Å². The second-order valence-corrected chi connectivity index (χ2v) is 4.54. The van der Waals surface area contributed by atoms with Gasteiger partial charge in [0.15, 0.2) is 5.13 Å². The van der Waals surface area contributed by atoms with Gasteiger partial charge in [0.1, 0.15) is 0 Å². The maximum absolute atomic E-state index is 11.4. The highest BCUT2D eigenvalue weighted by molar-refractivity contribution is 7.22. The van der Waals surface area contributed by atoms with Gasteiger partial charge in [-0.2, -0.15) is 0 Å². The molecule has 18 heavy (non-hydrogen) atoms. The molecule has 0 saturated carbocycles. The van der Waals surface area contributed by atoms with Crippen LogP contribution >= 0.6 is 11.3 Å². The fourth-order valence-corrected chi connectivity index (χ4v) is 2.21. The molecule has 2 aromatic rings. The molecule has 0 atom stereocenters. The number of benzene rings is 1. The summed E-state index contributed by atoms with van der Waals surface area (Å²) >= 11 is 1.37. The van der Waals surface area contributed by atoms with E-state index in [-0.39, 0.29) is 13.0 Å². The molecule has 3 N–H and O–H groups in total.